The monoisotopic (exact) mass is 292 g/mol. The second kappa shape index (κ2) is 5.63. The molecule has 0 N–H and O–H groups in total. The summed E-state index contributed by atoms with van der Waals surface area (Å²) in [6.45, 7) is 3.56. The molecule has 0 amide bonds. The third-order valence-electron chi connectivity index (χ3n) is 3.29. The molecule has 2 rings (SSSR count). The lowest BCUT2D eigenvalue weighted by Gasteiger charge is -2.15. The van der Waals surface area contributed by atoms with Crippen molar-refractivity contribution in [2.24, 2.45) is 0 Å². The van der Waals surface area contributed by atoms with E-state index in [-0.39, 0.29) is 10.6 Å². The Labute approximate surface area is 122 Å². The van der Waals surface area contributed by atoms with E-state index in [0.29, 0.717) is 11.1 Å². The summed E-state index contributed by atoms with van der Waals surface area (Å²) < 4.78 is 19.0. The molecule has 0 aliphatic rings. The number of methoxy groups -OCH3 is 1. The molecule has 0 radical (unpaired) electrons. The van der Waals surface area contributed by atoms with Gasteiger partial charge in [0.2, 0.25) is 0 Å². The van der Waals surface area contributed by atoms with Crippen molar-refractivity contribution in [1.29, 1.82) is 0 Å². The smallest absolute Gasteiger partial charge is 0.339 e. The van der Waals surface area contributed by atoms with Crippen LogP contribution in [0.1, 0.15) is 21.5 Å². The Kier molecular flexibility index (Phi) is 4.09. The summed E-state index contributed by atoms with van der Waals surface area (Å²) >= 11 is 5.97. The van der Waals surface area contributed by atoms with E-state index in [2.05, 4.69) is 0 Å². The predicted octanol–water partition coefficient (Wildman–Crippen LogP) is 4.55. The third-order valence-corrected chi connectivity index (χ3v) is 3.58. The van der Waals surface area contributed by atoms with Gasteiger partial charge in [0.1, 0.15) is 5.82 Å². The van der Waals surface area contributed by atoms with Crippen LogP contribution < -0.4 is 0 Å². The Balaban J connectivity index is 2.78. The van der Waals surface area contributed by atoms with Gasteiger partial charge >= 0.3 is 5.97 Å². The van der Waals surface area contributed by atoms with Gasteiger partial charge in [0, 0.05) is 5.56 Å². The van der Waals surface area contributed by atoms with Crippen molar-refractivity contribution >= 4 is 17.6 Å². The first-order valence-electron chi connectivity index (χ1n) is 6.10. The van der Waals surface area contributed by atoms with Crippen LogP contribution in [0.5, 0.6) is 0 Å². The van der Waals surface area contributed by atoms with Crippen molar-refractivity contribution in [3.05, 3.63) is 57.9 Å². The number of ether oxygens (including phenoxy) is 1. The van der Waals surface area contributed by atoms with Gasteiger partial charge in [-0.2, -0.15) is 0 Å². The highest BCUT2D eigenvalue weighted by Crippen LogP contribution is 2.35. The Morgan fingerprint density at radius 1 is 1.25 bits per heavy atom. The summed E-state index contributed by atoms with van der Waals surface area (Å²) in [6, 6.07) is 8.57. The maximum atomic E-state index is 14.3. The molecule has 0 aromatic heterocycles. The average Bonchev–Trinajstić information content (AvgIpc) is 2.40. The minimum atomic E-state index is -0.567. The van der Waals surface area contributed by atoms with Gasteiger partial charge in [-0.3, -0.25) is 0 Å². The van der Waals surface area contributed by atoms with Gasteiger partial charge in [0.05, 0.1) is 17.7 Å². The largest absolute Gasteiger partial charge is 0.465 e. The Bertz CT molecular complexity index is 680. The molecule has 2 aromatic rings. The van der Waals surface area contributed by atoms with Crippen LogP contribution >= 0.6 is 11.6 Å². The second-order valence-corrected chi connectivity index (χ2v) is 4.93. The lowest BCUT2D eigenvalue weighted by Crippen LogP contribution is -2.07. The molecular formula is C16H14ClFO2. The Hall–Kier alpha value is -1.87. The number of benzene rings is 2. The third kappa shape index (κ3) is 2.41. The Morgan fingerprint density at radius 3 is 2.50 bits per heavy atom. The summed E-state index contributed by atoms with van der Waals surface area (Å²) in [5, 5.41) is 0.0594. The molecule has 2 aromatic carbocycles. The fourth-order valence-electron chi connectivity index (χ4n) is 2.28. The minimum absolute atomic E-state index is 0.0594. The zero-order chi connectivity index (χ0) is 14.9. The maximum absolute atomic E-state index is 14.3. The summed E-state index contributed by atoms with van der Waals surface area (Å²) in [4.78, 5) is 11.8. The van der Waals surface area contributed by atoms with E-state index in [1.54, 1.807) is 6.92 Å². The first-order valence-corrected chi connectivity index (χ1v) is 6.48. The van der Waals surface area contributed by atoms with Crippen LogP contribution in [0.3, 0.4) is 0 Å². The van der Waals surface area contributed by atoms with Crippen LogP contribution in [0.25, 0.3) is 11.1 Å². The first-order chi connectivity index (χ1) is 9.47. The van der Waals surface area contributed by atoms with Crippen molar-refractivity contribution in [2.45, 2.75) is 13.8 Å². The van der Waals surface area contributed by atoms with E-state index in [1.165, 1.54) is 7.11 Å². The molecule has 0 saturated carbocycles. The quantitative estimate of drug-likeness (QED) is 0.759. The van der Waals surface area contributed by atoms with Crippen molar-refractivity contribution in [1.82, 2.24) is 0 Å². The van der Waals surface area contributed by atoms with Crippen LogP contribution in [-0.4, -0.2) is 13.1 Å². The minimum Gasteiger partial charge on any atom is -0.465 e. The molecule has 0 aliphatic heterocycles. The van der Waals surface area contributed by atoms with Crippen molar-refractivity contribution in [3.63, 3.8) is 0 Å². The highest BCUT2D eigenvalue weighted by atomic mass is 35.5. The van der Waals surface area contributed by atoms with E-state index in [4.69, 9.17) is 16.3 Å². The number of hydrogen-bond acceptors (Lipinski definition) is 2. The number of carbonyl (C=O) groups excluding carboxylic acids is 1. The van der Waals surface area contributed by atoms with Crippen molar-refractivity contribution < 1.29 is 13.9 Å². The first kappa shape index (κ1) is 14.5. The lowest BCUT2D eigenvalue weighted by molar-refractivity contribution is 0.0600. The van der Waals surface area contributed by atoms with Gasteiger partial charge in [-0.25, -0.2) is 9.18 Å². The molecule has 4 heteroatoms. The van der Waals surface area contributed by atoms with E-state index in [1.807, 2.05) is 31.2 Å². The summed E-state index contributed by atoms with van der Waals surface area (Å²) in [5.41, 5.74) is 2.73. The van der Waals surface area contributed by atoms with Crippen LogP contribution in [0.2, 0.25) is 5.02 Å². The van der Waals surface area contributed by atoms with Gasteiger partial charge in [0.15, 0.2) is 0 Å². The average molecular weight is 293 g/mol. The standard InChI is InChI=1S/C16H14ClFO2/c1-9-6-4-5-7-11(9)14-10(2)15(16(19)20-3)12(17)8-13(14)18/h4-8H,1-3H3. The number of esters is 1. The predicted molar refractivity (Wildman–Crippen MR) is 77.7 cm³/mol. The van der Waals surface area contributed by atoms with E-state index in [0.717, 1.165) is 17.2 Å². The van der Waals surface area contributed by atoms with Crippen molar-refractivity contribution in [2.75, 3.05) is 7.11 Å². The van der Waals surface area contributed by atoms with Crippen LogP contribution in [0, 0.1) is 19.7 Å². The molecule has 0 unspecified atom stereocenters. The van der Waals surface area contributed by atoms with Gasteiger partial charge in [-0.05, 0) is 36.6 Å². The number of carbonyl (C=O) groups is 1. The van der Waals surface area contributed by atoms with Gasteiger partial charge < -0.3 is 4.74 Å². The number of hydrogen-bond donors (Lipinski definition) is 0. The summed E-state index contributed by atoms with van der Waals surface area (Å²) in [7, 11) is 1.27. The zero-order valence-electron chi connectivity index (χ0n) is 11.5. The molecule has 0 saturated heterocycles. The fraction of sp³-hybridized carbons (Fsp3) is 0.188. The van der Waals surface area contributed by atoms with Gasteiger partial charge in [-0.15, -0.1) is 0 Å². The SMILES string of the molecule is COC(=O)c1c(Cl)cc(F)c(-c2ccccc2C)c1C. The molecule has 0 spiro atoms. The molecule has 20 heavy (non-hydrogen) atoms. The number of aryl methyl sites for hydroxylation is 1. The number of halogens is 2. The Morgan fingerprint density at radius 2 is 1.90 bits per heavy atom. The summed E-state index contributed by atoms with van der Waals surface area (Å²) in [6.07, 6.45) is 0. The highest BCUT2D eigenvalue weighted by molar-refractivity contribution is 6.34. The van der Waals surface area contributed by atoms with Gasteiger partial charge in [0.25, 0.3) is 0 Å². The van der Waals surface area contributed by atoms with E-state index >= 15 is 0 Å². The molecular weight excluding hydrogens is 279 g/mol. The van der Waals surface area contributed by atoms with E-state index < -0.39 is 11.8 Å². The second-order valence-electron chi connectivity index (χ2n) is 4.52. The lowest BCUT2D eigenvalue weighted by atomic mass is 9.93. The van der Waals surface area contributed by atoms with Crippen LogP contribution in [0.4, 0.5) is 4.39 Å². The molecule has 0 bridgehead atoms. The normalized spacial score (nSPS) is 10.4. The summed E-state index contributed by atoms with van der Waals surface area (Å²) in [5.74, 6) is -1.02. The molecule has 2 nitrogen and oxygen atoms in total. The van der Waals surface area contributed by atoms with Crippen LogP contribution in [-0.2, 0) is 4.74 Å². The van der Waals surface area contributed by atoms with Crippen molar-refractivity contribution in [3.8, 4) is 11.1 Å². The topological polar surface area (TPSA) is 26.3 Å². The zero-order valence-corrected chi connectivity index (χ0v) is 12.2. The maximum Gasteiger partial charge on any atom is 0.339 e. The molecule has 0 fully saturated rings. The molecule has 104 valence electrons. The molecule has 0 atom stereocenters. The highest BCUT2D eigenvalue weighted by Gasteiger charge is 2.21. The van der Waals surface area contributed by atoms with E-state index in [9.17, 15) is 9.18 Å². The molecule has 0 aliphatic carbocycles. The van der Waals surface area contributed by atoms with Gasteiger partial charge in [-0.1, -0.05) is 35.9 Å². The fourth-order valence-corrected chi connectivity index (χ4v) is 2.59. The molecule has 0 heterocycles. The van der Waals surface area contributed by atoms with Crippen LogP contribution in [0.15, 0.2) is 30.3 Å². The number of rotatable bonds is 2.